The van der Waals surface area contributed by atoms with Gasteiger partial charge in [-0.15, -0.1) is 0 Å². The Morgan fingerprint density at radius 2 is 1.93 bits per heavy atom. The van der Waals surface area contributed by atoms with Gasteiger partial charge in [0, 0.05) is 5.41 Å². The third-order valence-corrected chi connectivity index (χ3v) is 2.38. The van der Waals surface area contributed by atoms with Gasteiger partial charge in [-0.05, 0) is 31.1 Å². The highest BCUT2D eigenvalue weighted by atomic mass is 32.2. The van der Waals surface area contributed by atoms with Crippen LogP contribution in [0.1, 0.15) is 16.7 Å². The molecule has 0 bridgehead atoms. The van der Waals surface area contributed by atoms with Crippen molar-refractivity contribution in [2.45, 2.75) is 13.8 Å². The number of hydrogen-bond donors (Lipinski definition) is 1. The summed E-state index contributed by atoms with van der Waals surface area (Å²) in [5.74, 6) is 0. The van der Waals surface area contributed by atoms with Crippen LogP contribution in [0.3, 0.4) is 0 Å². The zero-order valence-electron chi connectivity index (χ0n) is 8.19. The quantitative estimate of drug-likeness (QED) is 0.807. The lowest BCUT2D eigenvalue weighted by Gasteiger charge is -2.00. The zero-order valence-corrected chi connectivity index (χ0v) is 9.01. The molecule has 2 N–H and O–H groups in total. The maximum atomic E-state index is 10.7. The smallest absolute Gasteiger partial charge is 0.225 e. The predicted molar refractivity (Wildman–Crippen MR) is 58.1 cm³/mol. The van der Waals surface area contributed by atoms with E-state index < -0.39 is 10.0 Å². The number of hydrogen-bond acceptors (Lipinski definition) is 2. The molecule has 3 nitrogen and oxygen atoms in total. The molecule has 1 aromatic carbocycles. The van der Waals surface area contributed by atoms with Gasteiger partial charge in [-0.1, -0.05) is 23.8 Å². The van der Waals surface area contributed by atoms with Crippen molar-refractivity contribution < 1.29 is 8.42 Å². The van der Waals surface area contributed by atoms with E-state index in [1.807, 2.05) is 32.0 Å². The van der Waals surface area contributed by atoms with Crippen molar-refractivity contribution >= 4 is 16.1 Å². The Labute approximate surface area is 84.3 Å². The number of benzene rings is 1. The normalized spacial score (nSPS) is 12.2. The summed E-state index contributed by atoms with van der Waals surface area (Å²) in [5, 5.41) is 5.85. The second-order valence-electron chi connectivity index (χ2n) is 3.25. The molecule has 0 aromatic heterocycles. The van der Waals surface area contributed by atoms with Crippen LogP contribution in [-0.2, 0) is 10.0 Å². The molecular weight excluding hydrogens is 198 g/mol. The fourth-order valence-electron chi connectivity index (χ4n) is 1.18. The summed E-state index contributed by atoms with van der Waals surface area (Å²) in [6.45, 7) is 3.91. The van der Waals surface area contributed by atoms with Crippen LogP contribution in [0, 0.1) is 13.8 Å². The zero-order chi connectivity index (χ0) is 10.8. The van der Waals surface area contributed by atoms with Gasteiger partial charge in [-0.3, -0.25) is 0 Å². The van der Waals surface area contributed by atoms with E-state index >= 15 is 0 Å². The van der Waals surface area contributed by atoms with Gasteiger partial charge >= 0.3 is 0 Å². The number of rotatable bonds is 2. The average Bonchev–Trinajstić information content (AvgIpc) is 2.00. The average molecular weight is 211 g/mol. The minimum Gasteiger partial charge on any atom is -0.225 e. The molecular formula is C10H13NO2S. The summed E-state index contributed by atoms with van der Waals surface area (Å²) in [6.07, 6.45) is 1.50. The molecule has 0 amide bonds. The van der Waals surface area contributed by atoms with Gasteiger partial charge in [0.15, 0.2) is 0 Å². The Morgan fingerprint density at radius 3 is 2.43 bits per heavy atom. The van der Waals surface area contributed by atoms with Gasteiger partial charge in [0.1, 0.15) is 0 Å². The Hall–Kier alpha value is -1.13. The van der Waals surface area contributed by atoms with Gasteiger partial charge in [-0.25, -0.2) is 13.6 Å². The molecule has 0 aliphatic rings. The lowest BCUT2D eigenvalue weighted by Crippen LogP contribution is -2.06. The van der Waals surface area contributed by atoms with Crippen LogP contribution in [0.2, 0.25) is 0 Å². The molecule has 0 saturated carbocycles. The summed E-state index contributed by atoms with van der Waals surface area (Å²) < 4.78 is 21.3. The molecule has 0 saturated heterocycles. The van der Waals surface area contributed by atoms with Gasteiger partial charge < -0.3 is 0 Å². The van der Waals surface area contributed by atoms with Crippen molar-refractivity contribution in [3.8, 4) is 0 Å². The van der Waals surface area contributed by atoms with E-state index in [1.54, 1.807) is 0 Å². The highest BCUT2D eigenvalue weighted by molar-refractivity contribution is 7.92. The molecule has 0 radical (unpaired) electrons. The van der Waals surface area contributed by atoms with E-state index in [0.717, 1.165) is 22.1 Å². The van der Waals surface area contributed by atoms with Crippen molar-refractivity contribution in [2.75, 3.05) is 0 Å². The summed E-state index contributed by atoms with van der Waals surface area (Å²) in [4.78, 5) is 0. The number of sulfonamides is 1. The van der Waals surface area contributed by atoms with E-state index in [4.69, 9.17) is 5.14 Å². The Balaban J connectivity index is 3.05. The lowest BCUT2D eigenvalue weighted by molar-refractivity contribution is 0.606. The third-order valence-electron chi connectivity index (χ3n) is 1.86. The topological polar surface area (TPSA) is 60.2 Å². The fraction of sp³-hybridized carbons (Fsp3) is 0.200. The molecule has 1 rings (SSSR count). The van der Waals surface area contributed by atoms with Crippen molar-refractivity contribution in [3.63, 3.8) is 0 Å². The summed E-state index contributed by atoms with van der Waals surface area (Å²) in [6, 6.07) is 5.78. The Morgan fingerprint density at radius 1 is 1.29 bits per heavy atom. The molecule has 4 heteroatoms. The van der Waals surface area contributed by atoms with Crippen LogP contribution in [0.25, 0.3) is 6.08 Å². The molecule has 76 valence electrons. The minimum absolute atomic E-state index is 0.865. The Bertz CT molecular complexity index is 461. The summed E-state index contributed by atoms with van der Waals surface area (Å²) in [7, 11) is -3.53. The maximum absolute atomic E-state index is 10.7. The molecule has 1 aromatic rings. The molecule has 0 fully saturated rings. The second kappa shape index (κ2) is 3.94. The van der Waals surface area contributed by atoms with E-state index in [2.05, 4.69) is 0 Å². The van der Waals surface area contributed by atoms with Gasteiger partial charge in [0.05, 0.1) is 0 Å². The molecule has 0 unspecified atom stereocenters. The largest absolute Gasteiger partial charge is 0.231 e. The number of primary sulfonamides is 1. The maximum Gasteiger partial charge on any atom is 0.231 e. The first-order chi connectivity index (χ1) is 6.38. The highest BCUT2D eigenvalue weighted by Gasteiger charge is 1.97. The summed E-state index contributed by atoms with van der Waals surface area (Å²) >= 11 is 0. The molecule has 14 heavy (non-hydrogen) atoms. The molecule has 0 aliphatic heterocycles. The first kappa shape index (κ1) is 10.9. The van der Waals surface area contributed by atoms with Crippen LogP contribution >= 0.6 is 0 Å². The third kappa shape index (κ3) is 3.32. The van der Waals surface area contributed by atoms with Gasteiger partial charge in [0.2, 0.25) is 10.0 Å². The van der Waals surface area contributed by atoms with Crippen LogP contribution in [-0.4, -0.2) is 8.42 Å². The summed E-state index contributed by atoms with van der Waals surface area (Å²) in [5.41, 5.74) is 3.05. The monoisotopic (exact) mass is 211 g/mol. The first-order valence-corrected chi connectivity index (χ1v) is 5.77. The van der Waals surface area contributed by atoms with Crippen molar-refractivity contribution in [3.05, 3.63) is 40.3 Å². The van der Waals surface area contributed by atoms with Crippen molar-refractivity contribution in [2.24, 2.45) is 5.14 Å². The van der Waals surface area contributed by atoms with Crippen LogP contribution in [0.15, 0.2) is 23.6 Å². The minimum atomic E-state index is -3.53. The molecule has 0 spiro atoms. The van der Waals surface area contributed by atoms with Crippen molar-refractivity contribution in [1.82, 2.24) is 0 Å². The van der Waals surface area contributed by atoms with Gasteiger partial charge in [-0.2, -0.15) is 0 Å². The Kier molecular flexibility index (Phi) is 3.08. The molecule has 0 heterocycles. The SMILES string of the molecule is Cc1ccc(/C=C/S(N)(=O)=O)c(C)c1. The number of nitrogens with two attached hydrogens (primary N) is 1. The lowest BCUT2D eigenvalue weighted by atomic mass is 10.1. The fourth-order valence-corrected chi connectivity index (χ4v) is 1.52. The molecule has 0 aliphatic carbocycles. The first-order valence-electron chi connectivity index (χ1n) is 4.16. The van der Waals surface area contributed by atoms with E-state index in [0.29, 0.717) is 0 Å². The van der Waals surface area contributed by atoms with Crippen LogP contribution < -0.4 is 5.14 Å². The van der Waals surface area contributed by atoms with Crippen molar-refractivity contribution in [1.29, 1.82) is 0 Å². The second-order valence-corrected chi connectivity index (χ2v) is 4.70. The highest BCUT2D eigenvalue weighted by Crippen LogP contribution is 2.12. The van der Waals surface area contributed by atoms with Crippen LogP contribution in [0.4, 0.5) is 0 Å². The van der Waals surface area contributed by atoms with E-state index in [9.17, 15) is 8.42 Å². The number of aryl methyl sites for hydroxylation is 2. The standard InChI is InChI=1S/C10H13NO2S/c1-8-3-4-10(9(2)7-8)5-6-14(11,12)13/h3-7H,1-2H3,(H2,11,12,13)/b6-5+. The van der Waals surface area contributed by atoms with E-state index in [-0.39, 0.29) is 0 Å². The van der Waals surface area contributed by atoms with E-state index in [1.165, 1.54) is 6.08 Å². The van der Waals surface area contributed by atoms with Gasteiger partial charge in [0.25, 0.3) is 0 Å². The predicted octanol–water partition coefficient (Wildman–Crippen LogP) is 1.56. The molecule has 0 atom stereocenters. The van der Waals surface area contributed by atoms with Crippen LogP contribution in [0.5, 0.6) is 0 Å².